The minimum Gasteiger partial charge on any atom is -0.495 e. The topological polar surface area (TPSA) is 120 Å². The van der Waals surface area contributed by atoms with Crippen LogP contribution in [0.3, 0.4) is 0 Å². The average Bonchev–Trinajstić information content (AvgIpc) is 2.60. The Morgan fingerprint density at radius 2 is 1.96 bits per heavy atom. The zero-order chi connectivity index (χ0) is 18.5. The van der Waals surface area contributed by atoms with Crippen molar-refractivity contribution in [3.63, 3.8) is 0 Å². The number of piperidine rings is 1. The van der Waals surface area contributed by atoms with Crippen LogP contribution in [0, 0.1) is 15.5 Å². The van der Waals surface area contributed by atoms with Gasteiger partial charge in [0, 0.05) is 31.2 Å². The van der Waals surface area contributed by atoms with E-state index in [9.17, 15) is 18.5 Å². The van der Waals surface area contributed by atoms with Crippen molar-refractivity contribution in [1.29, 1.82) is 0 Å². The fourth-order valence-electron chi connectivity index (χ4n) is 2.95. The maximum atomic E-state index is 12.7. The molecule has 2 N–H and O–H groups in total. The lowest BCUT2D eigenvalue weighted by atomic mass is 9.80. The van der Waals surface area contributed by atoms with Crippen LogP contribution in [0.15, 0.2) is 23.1 Å². The molecule has 1 aliphatic heterocycles. The molecule has 148 valence electrons. The quantitative estimate of drug-likeness (QED) is 0.490. The summed E-state index contributed by atoms with van der Waals surface area (Å²) in [6, 6.07) is 3.49. The van der Waals surface area contributed by atoms with E-state index in [2.05, 4.69) is 10.0 Å². The first kappa shape index (κ1) is 22.6. The van der Waals surface area contributed by atoms with Crippen molar-refractivity contribution in [2.75, 3.05) is 40.5 Å². The molecule has 1 aromatic carbocycles. The standard InChI is InChI=1S/C15H23N3O6S.ClH/c1-23-11-15(5-7-16-8-6-15)10-17-25(21,22)14-9-12(18(19)20)3-4-13(14)24-2;/h3-4,9,16-17H,5-8,10-11H2,1-2H3;1H. The number of nitro benzene ring substituents is 1. The first-order chi connectivity index (χ1) is 11.8. The molecule has 2 rings (SSSR count). The average molecular weight is 410 g/mol. The molecule has 0 radical (unpaired) electrons. The van der Waals surface area contributed by atoms with E-state index in [0.29, 0.717) is 6.61 Å². The third kappa shape index (κ3) is 5.27. The second kappa shape index (κ2) is 9.47. The van der Waals surface area contributed by atoms with Crippen LogP contribution in [-0.4, -0.2) is 53.8 Å². The van der Waals surface area contributed by atoms with Gasteiger partial charge in [-0.05, 0) is 32.0 Å². The monoisotopic (exact) mass is 409 g/mol. The number of nitrogens with one attached hydrogen (secondary N) is 2. The number of halogens is 1. The van der Waals surface area contributed by atoms with Gasteiger partial charge in [-0.15, -0.1) is 12.4 Å². The lowest BCUT2D eigenvalue weighted by Gasteiger charge is -2.37. The Kier molecular flexibility index (Phi) is 8.22. The summed E-state index contributed by atoms with van der Waals surface area (Å²) in [4.78, 5) is 10.1. The Morgan fingerprint density at radius 1 is 1.31 bits per heavy atom. The SMILES string of the molecule is COCC1(CNS(=O)(=O)c2cc([N+](=O)[O-])ccc2OC)CCNCC1.Cl. The highest BCUT2D eigenvalue weighted by Gasteiger charge is 2.34. The molecule has 0 atom stereocenters. The van der Waals surface area contributed by atoms with Gasteiger partial charge in [-0.2, -0.15) is 0 Å². The van der Waals surface area contributed by atoms with Gasteiger partial charge in [0.15, 0.2) is 0 Å². The van der Waals surface area contributed by atoms with Gasteiger partial charge in [-0.1, -0.05) is 0 Å². The molecule has 1 aromatic rings. The van der Waals surface area contributed by atoms with Crippen molar-refractivity contribution in [3.8, 4) is 5.75 Å². The molecular formula is C15H24ClN3O6S. The van der Waals surface area contributed by atoms with E-state index in [4.69, 9.17) is 9.47 Å². The lowest BCUT2D eigenvalue weighted by molar-refractivity contribution is -0.385. The Morgan fingerprint density at radius 3 is 2.50 bits per heavy atom. The molecule has 9 nitrogen and oxygen atoms in total. The fraction of sp³-hybridized carbons (Fsp3) is 0.600. The molecule has 0 spiro atoms. The predicted molar refractivity (Wildman–Crippen MR) is 98.5 cm³/mol. The third-order valence-electron chi connectivity index (χ3n) is 4.40. The van der Waals surface area contributed by atoms with Crippen LogP contribution < -0.4 is 14.8 Å². The molecule has 1 heterocycles. The van der Waals surface area contributed by atoms with Crippen molar-refractivity contribution < 1.29 is 22.8 Å². The van der Waals surface area contributed by atoms with Crippen LogP contribution in [-0.2, 0) is 14.8 Å². The maximum Gasteiger partial charge on any atom is 0.271 e. The summed E-state index contributed by atoms with van der Waals surface area (Å²) >= 11 is 0. The summed E-state index contributed by atoms with van der Waals surface area (Å²) in [6.07, 6.45) is 1.55. The number of hydrogen-bond acceptors (Lipinski definition) is 7. The highest BCUT2D eigenvalue weighted by Crippen LogP contribution is 2.31. The van der Waals surface area contributed by atoms with Crippen molar-refractivity contribution in [2.24, 2.45) is 5.41 Å². The Bertz CT molecular complexity index is 717. The molecule has 0 amide bonds. The van der Waals surface area contributed by atoms with Gasteiger partial charge in [-0.25, -0.2) is 13.1 Å². The number of hydrogen-bond donors (Lipinski definition) is 2. The number of methoxy groups -OCH3 is 2. The largest absolute Gasteiger partial charge is 0.495 e. The van der Waals surface area contributed by atoms with E-state index < -0.39 is 14.9 Å². The zero-order valence-electron chi connectivity index (χ0n) is 14.7. The molecule has 1 fully saturated rings. The van der Waals surface area contributed by atoms with E-state index in [0.717, 1.165) is 32.0 Å². The predicted octanol–water partition coefficient (Wildman–Crippen LogP) is 1.32. The second-order valence-electron chi connectivity index (χ2n) is 6.10. The van der Waals surface area contributed by atoms with Crippen LogP contribution in [0.25, 0.3) is 0 Å². The number of ether oxygens (including phenoxy) is 2. The van der Waals surface area contributed by atoms with Crippen LogP contribution >= 0.6 is 12.4 Å². The number of nitro groups is 1. The van der Waals surface area contributed by atoms with Crippen molar-refractivity contribution in [3.05, 3.63) is 28.3 Å². The number of sulfonamides is 1. The van der Waals surface area contributed by atoms with E-state index in [1.54, 1.807) is 7.11 Å². The molecule has 1 aliphatic rings. The second-order valence-corrected chi connectivity index (χ2v) is 7.84. The maximum absolute atomic E-state index is 12.7. The normalized spacial score (nSPS) is 16.5. The molecule has 11 heteroatoms. The van der Waals surface area contributed by atoms with Gasteiger partial charge in [0.05, 0.1) is 18.6 Å². The lowest BCUT2D eigenvalue weighted by Crippen LogP contribution is -2.47. The summed E-state index contributed by atoms with van der Waals surface area (Å²) in [5.74, 6) is 0.0594. The van der Waals surface area contributed by atoms with Gasteiger partial charge >= 0.3 is 0 Å². The number of non-ortho nitro benzene ring substituents is 1. The van der Waals surface area contributed by atoms with E-state index in [-0.39, 0.29) is 40.7 Å². The van der Waals surface area contributed by atoms with Crippen LogP contribution in [0.5, 0.6) is 5.75 Å². The van der Waals surface area contributed by atoms with Gasteiger partial charge in [0.2, 0.25) is 10.0 Å². The van der Waals surface area contributed by atoms with Gasteiger partial charge in [0.1, 0.15) is 10.6 Å². The molecule has 26 heavy (non-hydrogen) atoms. The third-order valence-corrected chi connectivity index (χ3v) is 5.82. The molecule has 0 bridgehead atoms. The van der Waals surface area contributed by atoms with Crippen molar-refractivity contribution in [1.82, 2.24) is 10.0 Å². The Hall–Kier alpha value is -1.46. The molecule has 0 aliphatic carbocycles. The first-order valence-corrected chi connectivity index (χ1v) is 9.34. The molecular weight excluding hydrogens is 386 g/mol. The van der Waals surface area contributed by atoms with Crippen molar-refractivity contribution in [2.45, 2.75) is 17.7 Å². The minimum atomic E-state index is -3.97. The summed E-state index contributed by atoms with van der Waals surface area (Å²) < 4.78 is 38.3. The molecule has 0 saturated carbocycles. The molecule has 0 unspecified atom stereocenters. The number of benzene rings is 1. The highest BCUT2D eigenvalue weighted by molar-refractivity contribution is 7.89. The number of rotatable bonds is 8. The molecule has 1 saturated heterocycles. The van der Waals surface area contributed by atoms with Crippen LogP contribution in [0.2, 0.25) is 0 Å². The van der Waals surface area contributed by atoms with Gasteiger partial charge in [0.25, 0.3) is 5.69 Å². The highest BCUT2D eigenvalue weighted by atomic mass is 35.5. The van der Waals surface area contributed by atoms with Gasteiger partial charge < -0.3 is 14.8 Å². The smallest absolute Gasteiger partial charge is 0.271 e. The summed E-state index contributed by atoms with van der Waals surface area (Å²) in [5, 5.41) is 14.2. The van der Waals surface area contributed by atoms with Crippen LogP contribution in [0.1, 0.15) is 12.8 Å². The van der Waals surface area contributed by atoms with Crippen molar-refractivity contribution >= 4 is 28.1 Å². The first-order valence-electron chi connectivity index (χ1n) is 7.85. The summed E-state index contributed by atoms with van der Waals surface area (Å²) in [6.45, 7) is 2.19. The fourth-order valence-corrected chi connectivity index (χ4v) is 4.29. The Labute approximate surface area is 159 Å². The van der Waals surface area contributed by atoms with Crippen LogP contribution in [0.4, 0.5) is 5.69 Å². The molecule has 0 aromatic heterocycles. The zero-order valence-corrected chi connectivity index (χ0v) is 16.3. The summed E-state index contributed by atoms with van der Waals surface area (Å²) in [5.41, 5.74) is -0.615. The van der Waals surface area contributed by atoms with E-state index in [1.807, 2.05) is 0 Å². The number of nitrogens with zero attached hydrogens (tertiary/aromatic N) is 1. The van der Waals surface area contributed by atoms with E-state index in [1.165, 1.54) is 19.2 Å². The minimum absolute atomic E-state index is 0. The Balaban J connectivity index is 0.00000338. The summed E-state index contributed by atoms with van der Waals surface area (Å²) in [7, 11) is -1.07. The van der Waals surface area contributed by atoms with Gasteiger partial charge in [-0.3, -0.25) is 10.1 Å². The van der Waals surface area contributed by atoms with E-state index >= 15 is 0 Å².